The fourth-order valence-corrected chi connectivity index (χ4v) is 5.16. The van der Waals surface area contributed by atoms with E-state index < -0.39 is 17.7 Å². The van der Waals surface area contributed by atoms with Gasteiger partial charge in [-0.15, -0.1) is 10.2 Å². The molecule has 7 nitrogen and oxygen atoms in total. The number of hydrogen-bond acceptors (Lipinski definition) is 7. The fraction of sp³-hybridized carbons (Fsp3) is 0.217. The Morgan fingerprint density at radius 3 is 2.64 bits per heavy atom. The molecule has 2 aliphatic heterocycles. The highest BCUT2D eigenvalue weighted by molar-refractivity contribution is 7.15. The van der Waals surface area contributed by atoms with Gasteiger partial charge in [-0.2, -0.15) is 0 Å². The van der Waals surface area contributed by atoms with E-state index in [0.29, 0.717) is 27.6 Å². The number of aliphatic hydroxyl groups excluding tert-OH is 1. The average Bonchev–Trinajstić information content (AvgIpc) is 3.44. The normalized spacial score (nSPS) is 21.4. The number of aromatic nitrogens is 2. The maximum Gasteiger partial charge on any atom is 0.301 e. The Kier molecular flexibility index (Phi) is 5.39. The molecule has 1 N–H and O–H groups in total. The van der Waals surface area contributed by atoms with Crippen LogP contribution in [0.15, 0.2) is 42.0 Å². The van der Waals surface area contributed by atoms with Crippen LogP contribution in [0.4, 0.5) is 5.13 Å². The molecule has 1 fully saturated rings. The van der Waals surface area contributed by atoms with Gasteiger partial charge in [0.25, 0.3) is 5.78 Å². The maximum absolute atomic E-state index is 13.2. The number of aliphatic hydroxyl groups is 1. The highest BCUT2D eigenvalue weighted by Crippen LogP contribution is 2.44. The van der Waals surface area contributed by atoms with Crippen molar-refractivity contribution in [2.45, 2.75) is 32.4 Å². The molecule has 5 rings (SSSR count). The van der Waals surface area contributed by atoms with E-state index in [4.69, 9.17) is 27.9 Å². The van der Waals surface area contributed by atoms with Gasteiger partial charge in [0, 0.05) is 12.0 Å². The van der Waals surface area contributed by atoms with Gasteiger partial charge in [0.1, 0.15) is 22.6 Å². The van der Waals surface area contributed by atoms with E-state index in [1.807, 2.05) is 6.92 Å². The molecule has 0 unspecified atom stereocenters. The van der Waals surface area contributed by atoms with Crippen molar-refractivity contribution in [3.63, 3.8) is 0 Å². The predicted octanol–water partition coefficient (Wildman–Crippen LogP) is 5.10. The highest BCUT2D eigenvalue weighted by Gasteiger charge is 2.48. The third kappa shape index (κ3) is 3.68. The smallest absolute Gasteiger partial charge is 0.301 e. The van der Waals surface area contributed by atoms with Crippen LogP contribution in [0.1, 0.15) is 34.7 Å². The van der Waals surface area contributed by atoms with Crippen molar-refractivity contribution in [2.75, 3.05) is 4.90 Å². The van der Waals surface area contributed by atoms with Gasteiger partial charge in [0.2, 0.25) is 5.13 Å². The monoisotopic (exact) mass is 501 g/mol. The van der Waals surface area contributed by atoms with Crippen molar-refractivity contribution in [3.05, 3.63) is 73.7 Å². The number of Topliss-reactive ketones (excluding diaryl/α,β-unsaturated/α-hetero) is 1. The first-order chi connectivity index (χ1) is 15.7. The van der Waals surface area contributed by atoms with Crippen molar-refractivity contribution < 1.29 is 19.4 Å². The van der Waals surface area contributed by atoms with Gasteiger partial charge in [-0.05, 0) is 55.3 Å². The predicted molar refractivity (Wildman–Crippen MR) is 126 cm³/mol. The number of aryl methyl sites for hydroxylation is 1. The van der Waals surface area contributed by atoms with E-state index in [9.17, 15) is 14.7 Å². The van der Waals surface area contributed by atoms with Crippen molar-refractivity contribution in [3.8, 4) is 5.75 Å². The summed E-state index contributed by atoms with van der Waals surface area (Å²) in [4.78, 5) is 27.6. The molecule has 2 aromatic carbocycles. The van der Waals surface area contributed by atoms with Crippen LogP contribution in [0.25, 0.3) is 5.76 Å². The second-order valence-electron chi connectivity index (χ2n) is 7.90. The Hall–Kier alpha value is -2.94. The standard InChI is InChI=1S/C23H17Cl2N3O4S/c1-10-7-14-8-13(4-6-17(14)32-10)20(29)18-19(12-3-5-15(24)16(25)9-12)28(22(31)21(18)30)23-27-26-11(2)33-23/h3-6,8-10,19,29H,7H2,1-2H3/t10-,19+/m1/s1. The fourth-order valence-electron chi connectivity index (χ4n) is 4.14. The van der Waals surface area contributed by atoms with E-state index in [2.05, 4.69) is 10.2 Å². The van der Waals surface area contributed by atoms with Crippen molar-refractivity contribution in [2.24, 2.45) is 0 Å². The summed E-state index contributed by atoms with van der Waals surface area (Å²) < 4.78 is 5.73. The molecule has 0 spiro atoms. The van der Waals surface area contributed by atoms with Crippen LogP contribution in [0.2, 0.25) is 10.0 Å². The number of ether oxygens (including phenoxy) is 1. The van der Waals surface area contributed by atoms with E-state index in [1.54, 1.807) is 43.3 Å². The maximum atomic E-state index is 13.2. The van der Waals surface area contributed by atoms with E-state index in [-0.39, 0.29) is 27.6 Å². The number of hydrogen-bond donors (Lipinski definition) is 1. The zero-order valence-electron chi connectivity index (χ0n) is 17.5. The second-order valence-corrected chi connectivity index (χ2v) is 9.88. The Bertz CT molecular complexity index is 1350. The largest absolute Gasteiger partial charge is 0.507 e. The molecule has 0 bridgehead atoms. The van der Waals surface area contributed by atoms with E-state index >= 15 is 0 Å². The summed E-state index contributed by atoms with van der Waals surface area (Å²) in [7, 11) is 0. The van der Waals surface area contributed by atoms with Crippen LogP contribution in [-0.2, 0) is 16.0 Å². The van der Waals surface area contributed by atoms with Gasteiger partial charge in [0.15, 0.2) is 0 Å². The molecule has 0 saturated carbocycles. The average molecular weight is 502 g/mol. The number of halogens is 2. The molecule has 1 amide bonds. The summed E-state index contributed by atoms with van der Waals surface area (Å²) >= 11 is 13.5. The van der Waals surface area contributed by atoms with Crippen molar-refractivity contribution in [1.29, 1.82) is 0 Å². The number of benzene rings is 2. The first-order valence-electron chi connectivity index (χ1n) is 10.1. The number of ketones is 1. The molecule has 0 aliphatic carbocycles. The SMILES string of the molecule is Cc1nnc(N2C(=O)C(=O)C(=C(O)c3ccc4c(c3)C[C@@H](C)O4)[C@@H]2c2ccc(Cl)c(Cl)c2)s1. The number of carbonyl (C=O) groups excluding carboxylic acids is 2. The number of carbonyl (C=O) groups is 2. The summed E-state index contributed by atoms with van der Waals surface area (Å²) in [6.07, 6.45) is 0.713. The number of amides is 1. The van der Waals surface area contributed by atoms with E-state index in [1.165, 1.54) is 16.2 Å². The van der Waals surface area contributed by atoms with Gasteiger partial charge in [-0.1, -0.05) is 40.6 Å². The molecule has 168 valence electrons. The van der Waals surface area contributed by atoms with Gasteiger partial charge in [-0.25, -0.2) is 0 Å². The molecule has 2 aliphatic rings. The summed E-state index contributed by atoms with van der Waals surface area (Å²) in [6, 6.07) is 9.08. The zero-order valence-corrected chi connectivity index (χ0v) is 19.8. The highest BCUT2D eigenvalue weighted by atomic mass is 35.5. The Morgan fingerprint density at radius 1 is 1.15 bits per heavy atom. The lowest BCUT2D eigenvalue weighted by atomic mass is 9.94. The first-order valence-corrected chi connectivity index (χ1v) is 11.7. The molecular formula is C23H17Cl2N3O4S. The van der Waals surface area contributed by atoms with Gasteiger partial charge >= 0.3 is 5.91 Å². The minimum Gasteiger partial charge on any atom is -0.507 e. The summed E-state index contributed by atoms with van der Waals surface area (Å²) in [5.74, 6) is -1.16. The molecule has 3 heterocycles. The minimum atomic E-state index is -0.949. The topological polar surface area (TPSA) is 92.6 Å². The number of anilines is 1. The molecule has 10 heteroatoms. The quantitative estimate of drug-likeness (QED) is 0.304. The molecule has 33 heavy (non-hydrogen) atoms. The lowest BCUT2D eigenvalue weighted by Crippen LogP contribution is -2.29. The molecule has 3 aromatic rings. The third-order valence-corrected chi connectivity index (χ3v) is 7.17. The van der Waals surface area contributed by atoms with Crippen LogP contribution in [-0.4, -0.2) is 33.1 Å². The lowest BCUT2D eigenvalue weighted by molar-refractivity contribution is -0.132. The number of fused-ring (bicyclic) bond motifs is 1. The van der Waals surface area contributed by atoms with Crippen LogP contribution >= 0.6 is 34.5 Å². The summed E-state index contributed by atoms with van der Waals surface area (Å²) in [5.41, 5.74) is 1.80. The van der Waals surface area contributed by atoms with Crippen molar-refractivity contribution >= 4 is 57.1 Å². The van der Waals surface area contributed by atoms with Gasteiger partial charge in [0.05, 0.1) is 21.7 Å². The summed E-state index contributed by atoms with van der Waals surface area (Å²) in [5, 5.41) is 20.8. The van der Waals surface area contributed by atoms with Crippen LogP contribution in [0.3, 0.4) is 0 Å². The Morgan fingerprint density at radius 2 is 1.94 bits per heavy atom. The minimum absolute atomic E-state index is 0.0276. The zero-order chi connectivity index (χ0) is 23.4. The van der Waals surface area contributed by atoms with Crippen LogP contribution in [0.5, 0.6) is 5.75 Å². The Labute approximate surface area is 203 Å². The number of rotatable bonds is 3. The molecule has 2 atom stereocenters. The molecule has 1 saturated heterocycles. The molecular weight excluding hydrogens is 485 g/mol. The number of nitrogens with zero attached hydrogens (tertiary/aromatic N) is 3. The molecule has 0 radical (unpaired) electrons. The third-order valence-electron chi connectivity index (χ3n) is 5.59. The Balaban J connectivity index is 1.70. The van der Waals surface area contributed by atoms with Crippen molar-refractivity contribution in [1.82, 2.24) is 10.2 Å². The summed E-state index contributed by atoms with van der Waals surface area (Å²) in [6.45, 7) is 3.71. The van der Waals surface area contributed by atoms with Crippen LogP contribution in [0, 0.1) is 6.92 Å². The molecule has 1 aromatic heterocycles. The van der Waals surface area contributed by atoms with Crippen LogP contribution < -0.4 is 9.64 Å². The van der Waals surface area contributed by atoms with Gasteiger partial charge < -0.3 is 9.84 Å². The van der Waals surface area contributed by atoms with Gasteiger partial charge in [-0.3, -0.25) is 14.5 Å². The lowest BCUT2D eigenvalue weighted by Gasteiger charge is -2.23. The second kappa shape index (κ2) is 8.13. The van der Waals surface area contributed by atoms with E-state index in [0.717, 1.165) is 11.3 Å². The first kappa shape index (κ1) is 21.9.